The number of hydrogen-bond donors (Lipinski definition) is 1. The van der Waals surface area contributed by atoms with Crippen LogP contribution in [0.3, 0.4) is 0 Å². The Morgan fingerprint density at radius 1 is 1.30 bits per heavy atom. The number of aromatic nitrogens is 1. The van der Waals surface area contributed by atoms with E-state index in [2.05, 4.69) is 62.1 Å². The minimum atomic E-state index is 0.0122. The number of hydrogen-bond acceptors (Lipinski definition) is 4. The smallest absolute Gasteiger partial charge is 0.112 e. The molecule has 3 nitrogen and oxygen atoms in total. The van der Waals surface area contributed by atoms with Crippen LogP contribution in [0.2, 0.25) is 0 Å². The van der Waals surface area contributed by atoms with Crippen LogP contribution in [-0.4, -0.2) is 35.1 Å². The molecule has 20 heavy (non-hydrogen) atoms. The molecule has 4 heteroatoms. The van der Waals surface area contributed by atoms with Crippen molar-refractivity contribution in [2.24, 2.45) is 11.8 Å². The van der Waals surface area contributed by atoms with Crippen molar-refractivity contribution in [1.82, 2.24) is 15.2 Å². The summed E-state index contributed by atoms with van der Waals surface area (Å²) in [5, 5.41) is 7.05. The van der Waals surface area contributed by atoms with Crippen molar-refractivity contribution < 1.29 is 0 Å². The summed E-state index contributed by atoms with van der Waals surface area (Å²) in [4.78, 5) is 7.26. The molecule has 0 aliphatic carbocycles. The molecule has 2 unspecified atom stereocenters. The molecule has 1 N–H and O–H groups in total. The van der Waals surface area contributed by atoms with E-state index in [1.165, 1.54) is 5.01 Å². The fourth-order valence-corrected chi connectivity index (χ4v) is 3.91. The SMILES string of the molecule is CC(C)C1CN(C(C)(C)c2nccs2)C(C(C)C)CN1. The molecule has 1 fully saturated rings. The normalized spacial score (nSPS) is 25.6. The summed E-state index contributed by atoms with van der Waals surface area (Å²) < 4.78 is 0. The van der Waals surface area contributed by atoms with Gasteiger partial charge in [0.1, 0.15) is 5.01 Å². The zero-order valence-electron chi connectivity index (χ0n) is 13.7. The molecule has 0 aromatic carbocycles. The molecule has 1 aromatic rings. The van der Waals surface area contributed by atoms with Crippen LogP contribution >= 0.6 is 11.3 Å². The van der Waals surface area contributed by atoms with E-state index < -0.39 is 0 Å². The highest BCUT2D eigenvalue weighted by Gasteiger charge is 2.41. The van der Waals surface area contributed by atoms with Crippen LogP contribution in [0, 0.1) is 11.8 Å². The summed E-state index contributed by atoms with van der Waals surface area (Å²) in [6.07, 6.45) is 1.92. The third-order valence-corrected chi connectivity index (χ3v) is 5.72. The summed E-state index contributed by atoms with van der Waals surface area (Å²) in [5.74, 6) is 1.31. The molecule has 0 radical (unpaired) electrons. The maximum absolute atomic E-state index is 4.58. The molecule has 0 bridgehead atoms. The Hall–Kier alpha value is -0.450. The third kappa shape index (κ3) is 3.07. The molecule has 114 valence electrons. The van der Waals surface area contributed by atoms with Crippen molar-refractivity contribution in [1.29, 1.82) is 0 Å². The Morgan fingerprint density at radius 2 is 2.00 bits per heavy atom. The van der Waals surface area contributed by atoms with Crippen LogP contribution in [0.15, 0.2) is 11.6 Å². The quantitative estimate of drug-likeness (QED) is 0.923. The second kappa shape index (κ2) is 6.12. The van der Waals surface area contributed by atoms with Gasteiger partial charge in [0.2, 0.25) is 0 Å². The number of rotatable bonds is 4. The summed E-state index contributed by atoms with van der Waals surface area (Å²) in [5.41, 5.74) is 0.0122. The van der Waals surface area contributed by atoms with Gasteiger partial charge in [-0.2, -0.15) is 0 Å². The standard InChI is InChI=1S/C16H29N3S/c1-11(2)13-10-19(14(9-18-13)12(3)4)16(5,6)15-17-7-8-20-15/h7-8,11-14,18H,9-10H2,1-6H3. The first-order valence-electron chi connectivity index (χ1n) is 7.74. The Labute approximate surface area is 127 Å². The Morgan fingerprint density at radius 3 is 2.50 bits per heavy atom. The minimum Gasteiger partial charge on any atom is -0.311 e. The molecule has 2 heterocycles. The van der Waals surface area contributed by atoms with Crippen LogP contribution in [0.25, 0.3) is 0 Å². The fourth-order valence-electron chi connectivity index (χ4n) is 3.13. The summed E-state index contributed by atoms with van der Waals surface area (Å²) >= 11 is 1.77. The van der Waals surface area contributed by atoms with Gasteiger partial charge in [-0.25, -0.2) is 4.98 Å². The van der Waals surface area contributed by atoms with Crippen LogP contribution in [-0.2, 0) is 5.54 Å². The average Bonchev–Trinajstić information content (AvgIpc) is 2.92. The molecule has 1 aliphatic heterocycles. The van der Waals surface area contributed by atoms with Crippen molar-refractivity contribution in [2.45, 2.75) is 59.2 Å². The Bertz CT molecular complexity index is 411. The minimum absolute atomic E-state index is 0.0122. The molecular formula is C16H29N3S. The van der Waals surface area contributed by atoms with E-state index in [9.17, 15) is 0 Å². The molecule has 0 saturated carbocycles. The highest BCUT2D eigenvalue weighted by molar-refractivity contribution is 7.09. The van der Waals surface area contributed by atoms with Gasteiger partial charge >= 0.3 is 0 Å². The molecule has 2 rings (SSSR count). The van der Waals surface area contributed by atoms with Gasteiger partial charge in [0, 0.05) is 36.8 Å². The van der Waals surface area contributed by atoms with Crippen LogP contribution in [0.4, 0.5) is 0 Å². The number of nitrogens with zero attached hydrogens (tertiary/aromatic N) is 2. The maximum atomic E-state index is 4.58. The summed E-state index contributed by atoms with van der Waals surface area (Å²) in [6.45, 7) is 16.1. The van der Waals surface area contributed by atoms with Crippen molar-refractivity contribution in [3.8, 4) is 0 Å². The molecule has 0 amide bonds. The van der Waals surface area contributed by atoms with Gasteiger partial charge in [-0.15, -0.1) is 11.3 Å². The largest absolute Gasteiger partial charge is 0.311 e. The van der Waals surface area contributed by atoms with Crippen molar-refractivity contribution in [3.05, 3.63) is 16.6 Å². The fraction of sp³-hybridized carbons (Fsp3) is 0.812. The van der Waals surface area contributed by atoms with Crippen molar-refractivity contribution in [3.63, 3.8) is 0 Å². The van der Waals surface area contributed by atoms with Crippen LogP contribution in [0.5, 0.6) is 0 Å². The van der Waals surface area contributed by atoms with E-state index in [1.54, 1.807) is 11.3 Å². The first-order valence-corrected chi connectivity index (χ1v) is 8.62. The van der Waals surface area contributed by atoms with Gasteiger partial charge in [-0.05, 0) is 25.7 Å². The predicted molar refractivity (Wildman–Crippen MR) is 87.1 cm³/mol. The highest BCUT2D eigenvalue weighted by atomic mass is 32.1. The first-order chi connectivity index (χ1) is 9.34. The zero-order chi connectivity index (χ0) is 14.9. The van der Waals surface area contributed by atoms with E-state index in [1.807, 2.05) is 6.20 Å². The van der Waals surface area contributed by atoms with E-state index in [0.717, 1.165) is 13.1 Å². The number of nitrogens with one attached hydrogen (secondary N) is 1. The van der Waals surface area contributed by atoms with Gasteiger partial charge < -0.3 is 5.32 Å². The molecule has 1 aromatic heterocycles. The van der Waals surface area contributed by atoms with Crippen LogP contribution in [0.1, 0.15) is 46.6 Å². The lowest BCUT2D eigenvalue weighted by atomic mass is 9.89. The van der Waals surface area contributed by atoms with Gasteiger partial charge in [-0.1, -0.05) is 27.7 Å². The average molecular weight is 295 g/mol. The molecule has 2 atom stereocenters. The third-order valence-electron chi connectivity index (χ3n) is 4.63. The van der Waals surface area contributed by atoms with Gasteiger partial charge in [0.05, 0.1) is 5.54 Å². The number of piperazine rings is 1. The van der Waals surface area contributed by atoms with E-state index >= 15 is 0 Å². The lowest BCUT2D eigenvalue weighted by Crippen LogP contribution is -2.64. The van der Waals surface area contributed by atoms with Gasteiger partial charge in [0.15, 0.2) is 0 Å². The Balaban J connectivity index is 2.27. The molecule has 1 aliphatic rings. The maximum Gasteiger partial charge on any atom is 0.112 e. The first kappa shape index (κ1) is 15.9. The van der Waals surface area contributed by atoms with E-state index in [-0.39, 0.29) is 5.54 Å². The van der Waals surface area contributed by atoms with E-state index in [4.69, 9.17) is 0 Å². The van der Waals surface area contributed by atoms with E-state index in [0.29, 0.717) is 23.9 Å². The molecular weight excluding hydrogens is 266 g/mol. The highest BCUT2D eigenvalue weighted by Crippen LogP contribution is 2.34. The molecule has 1 saturated heterocycles. The lowest BCUT2D eigenvalue weighted by Gasteiger charge is -2.50. The van der Waals surface area contributed by atoms with Crippen LogP contribution < -0.4 is 5.32 Å². The summed E-state index contributed by atoms with van der Waals surface area (Å²) in [6, 6.07) is 1.15. The van der Waals surface area contributed by atoms with Gasteiger partial charge in [-0.3, -0.25) is 4.90 Å². The monoisotopic (exact) mass is 295 g/mol. The lowest BCUT2D eigenvalue weighted by molar-refractivity contribution is -0.000114. The van der Waals surface area contributed by atoms with Gasteiger partial charge in [0.25, 0.3) is 0 Å². The Kier molecular flexibility index (Phi) is 4.88. The van der Waals surface area contributed by atoms with Crippen molar-refractivity contribution in [2.75, 3.05) is 13.1 Å². The second-order valence-electron chi connectivity index (χ2n) is 7.12. The summed E-state index contributed by atoms with van der Waals surface area (Å²) in [7, 11) is 0. The molecule has 0 spiro atoms. The number of thiazole rings is 1. The second-order valence-corrected chi connectivity index (χ2v) is 8.01. The predicted octanol–water partition coefficient (Wildman–Crippen LogP) is 3.33. The topological polar surface area (TPSA) is 28.2 Å². The zero-order valence-corrected chi connectivity index (χ0v) is 14.5. The van der Waals surface area contributed by atoms with Crippen molar-refractivity contribution >= 4 is 11.3 Å².